The molecule has 1 fully saturated rings. The monoisotopic (exact) mass is 166 g/mol. The summed E-state index contributed by atoms with van der Waals surface area (Å²) in [6.07, 6.45) is 6.05. The quantitative estimate of drug-likeness (QED) is 0.552. The maximum Gasteiger partial charge on any atom is 0.171 e. The molecule has 0 N–H and O–H groups in total. The molecule has 2 heteroatoms. The van der Waals surface area contributed by atoms with Crippen LogP contribution >= 0.6 is 0 Å². The topological polar surface area (TPSA) is 26.3 Å². The van der Waals surface area contributed by atoms with E-state index in [0.29, 0.717) is 5.92 Å². The van der Waals surface area contributed by atoms with E-state index in [-0.39, 0.29) is 11.7 Å². The molecule has 1 saturated carbocycles. The van der Waals surface area contributed by atoms with E-state index in [1.54, 1.807) is 7.11 Å². The van der Waals surface area contributed by atoms with Crippen molar-refractivity contribution in [1.29, 1.82) is 0 Å². The lowest BCUT2D eigenvalue weighted by molar-refractivity contribution is -0.147. The number of methoxy groups -OCH3 is 1. The van der Waals surface area contributed by atoms with Crippen molar-refractivity contribution in [3.8, 4) is 0 Å². The van der Waals surface area contributed by atoms with E-state index in [0.717, 1.165) is 12.8 Å². The molecule has 0 radical (unpaired) electrons. The van der Waals surface area contributed by atoms with Crippen molar-refractivity contribution >= 4 is 5.78 Å². The van der Waals surface area contributed by atoms with Gasteiger partial charge >= 0.3 is 0 Å². The summed E-state index contributed by atoms with van der Waals surface area (Å²) in [5.41, 5.74) is -0.561. The Morgan fingerprint density at radius 2 is 2.42 bits per heavy atom. The fourth-order valence-electron chi connectivity index (χ4n) is 2.31. The molecule has 3 rings (SSSR count). The summed E-state index contributed by atoms with van der Waals surface area (Å²) in [4.78, 5) is 11.8. The maximum absolute atomic E-state index is 11.8. The van der Waals surface area contributed by atoms with Crippen LogP contribution in [0.3, 0.4) is 0 Å². The zero-order chi connectivity index (χ0) is 8.77. The molecule has 3 aliphatic carbocycles. The third-order valence-corrected chi connectivity index (χ3v) is 3.30. The minimum atomic E-state index is -0.561. The van der Waals surface area contributed by atoms with Gasteiger partial charge in [-0.2, -0.15) is 0 Å². The number of ether oxygens (including phenoxy) is 1. The second-order valence-electron chi connectivity index (χ2n) is 3.81. The van der Waals surface area contributed by atoms with Crippen LogP contribution in [0.25, 0.3) is 0 Å². The first-order valence-electron chi connectivity index (χ1n) is 4.48. The zero-order valence-electron chi connectivity index (χ0n) is 7.54. The van der Waals surface area contributed by atoms with Crippen LogP contribution < -0.4 is 0 Å². The molecular formula is C10H14O2. The summed E-state index contributed by atoms with van der Waals surface area (Å²) < 4.78 is 5.31. The minimum absolute atomic E-state index is 0.156. The summed E-state index contributed by atoms with van der Waals surface area (Å²) in [5.74, 6) is 0.891. The first-order valence-corrected chi connectivity index (χ1v) is 4.48. The summed E-state index contributed by atoms with van der Waals surface area (Å²) in [7, 11) is 1.63. The molecular weight excluding hydrogens is 152 g/mol. The van der Waals surface area contributed by atoms with E-state index in [1.807, 2.05) is 13.0 Å². The van der Waals surface area contributed by atoms with E-state index < -0.39 is 5.60 Å². The zero-order valence-corrected chi connectivity index (χ0v) is 7.54. The highest BCUT2D eigenvalue weighted by Crippen LogP contribution is 2.41. The number of ketones is 1. The average Bonchev–Trinajstić information content (AvgIpc) is 2.14. The van der Waals surface area contributed by atoms with Crippen molar-refractivity contribution in [2.45, 2.75) is 25.4 Å². The number of Topliss-reactive ketones (excluding diaryl/α,β-unsaturated/α-hetero) is 1. The van der Waals surface area contributed by atoms with Crippen molar-refractivity contribution in [3.63, 3.8) is 0 Å². The molecule has 12 heavy (non-hydrogen) atoms. The molecule has 0 aliphatic heterocycles. The van der Waals surface area contributed by atoms with Crippen LogP contribution in [0, 0.1) is 11.8 Å². The predicted octanol–water partition coefficient (Wildman–Crippen LogP) is 1.56. The van der Waals surface area contributed by atoms with Crippen molar-refractivity contribution in [3.05, 3.63) is 12.2 Å². The van der Waals surface area contributed by atoms with Gasteiger partial charge in [0.1, 0.15) is 5.60 Å². The molecule has 0 saturated heterocycles. The van der Waals surface area contributed by atoms with Gasteiger partial charge in [0, 0.05) is 13.0 Å². The van der Waals surface area contributed by atoms with Crippen LogP contribution in [-0.2, 0) is 9.53 Å². The Balaban J connectivity index is 2.40. The van der Waals surface area contributed by atoms with E-state index in [2.05, 4.69) is 6.08 Å². The minimum Gasteiger partial charge on any atom is -0.366 e. The lowest BCUT2D eigenvalue weighted by atomic mass is 9.66. The van der Waals surface area contributed by atoms with Gasteiger partial charge in [0.15, 0.2) is 5.78 Å². The molecule has 2 bridgehead atoms. The fourth-order valence-corrected chi connectivity index (χ4v) is 2.31. The van der Waals surface area contributed by atoms with E-state index in [9.17, 15) is 4.79 Å². The third kappa shape index (κ3) is 0.816. The highest BCUT2D eigenvalue weighted by Gasteiger charge is 2.48. The Hall–Kier alpha value is -0.630. The third-order valence-electron chi connectivity index (χ3n) is 3.30. The lowest BCUT2D eigenvalue weighted by Gasteiger charge is -2.42. The standard InChI is InChI=1S/C10H14O2/c1-7-8-3-5-10(12-2,6-4-8)9(7)11/h3,5,7-8H,4,6H2,1-2H3/t7-,8-,10-/m0/s1. The number of hydrogen-bond acceptors (Lipinski definition) is 2. The smallest absolute Gasteiger partial charge is 0.171 e. The molecule has 0 aromatic carbocycles. The van der Waals surface area contributed by atoms with Crippen LogP contribution in [0.5, 0.6) is 0 Å². The predicted molar refractivity (Wildman–Crippen MR) is 45.8 cm³/mol. The Bertz CT molecular complexity index is 244. The maximum atomic E-state index is 11.8. The van der Waals surface area contributed by atoms with E-state index in [1.165, 1.54) is 0 Å². The molecule has 3 aliphatic rings. The normalized spacial score (nSPS) is 45.3. The molecule has 0 aromatic heterocycles. The van der Waals surface area contributed by atoms with E-state index >= 15 is 0 Å². The van der Waals surface area contributed by atoms with Crippen LogP contribution in [0.2, 0.25) is 0 Å². The van der Waals surface area contributed by atoms with Crippen molar-refractivity contribution in [1.82, 2.24) is 0 Å². The van der Waals surface area contributed by atoms with Crippen LogP contribution in [0.4, 0.5) is 0 Å². The number of rotatable bonds is 1. The number of carbonyl (C=O) groups excluding carboxylic acids is 1. The van der Waals surface area contributed by atoms with Gasteiger partial charge in [-0.25, -0.2) is 0 Å². The lowest BCUT2D eigenvalue weighted by Crippen LogP contribution is -2.51. The van der Waals surface area contributed by atoms with Crippen LogP contribution in [0.15, 0.2) is 12.2 Å². The second kappa shape index (κ2) is 2.43. The van der Waals surface area contributed by atoms with Crippen molar-refractivity contribution < 1.29 is 9.53 Å². The molecule has 3 atom stereocenters. The van der Waals surface area contributed by atoms with Crippen molar-refractivity contribution in [2.75, 3.05) is 7.11 Å². The molecule has 0 unspecified atom stereocenters. The molecule has 66 valence electrons. The summed E-state index contributed by atoms with van der Waals surface area (Å²) >= 11 is 0. The molecule has 0 spiro atoms. The van der Waals surface area contributed by atoms with Gasteiger partial charge < -0.3 is 4.74 Å². The largest absolute Gasteiger partial charge is 0.366 e. The summed E-state index contributed by atoms with van der Waals surface area (Å²) in [5, 5.41) is 0. The van der Waals surface area contributed by atoms with Gasteiger partial charge in [0.25, 0.3) is 0 Å². The number of hydrogen-bond donors (Lipinski definition) is 0. The van der Waals surface area contributed by atoms with Gasteiger partial charge in [-0.3, -0.25) is 4.79 Å². The van der Waals surface area contributed by atoms with E-state index in [4.69, 9.17) is 4.74 Å². The Morgan fingerprint density at radius 3 is 2.83 bits per heavy atom. The SMILES string of the molecule is CO[C@@]12C=C[C@@H](CC1)[C@H](C)C2=O. The van der Waals surface area contributed by atoms with Gasteiger partial charge in [-0.05, 0) is 24.8 Å². The molecule has 2 nitrogen and oxygen atoms in total. The van der Waals surface area contributed by atoms with Gasteiger partial charge in [0.05, 0.1) is 0 Å². The highest BCUT2D eigenvalue weighted by molar-refractivity contribution is 5.93. The first kappa shape index (κ1) is 7.99. The number of allylic oxidation sites excluding steroid dienone is 1. The fraction of sp³-hybridized carbons (Fsp3) is 0.700. The summed E-state index contributed by atoms with van der Waals surface area (Å²) in [6, 6.07) is 0. The highest BCUT2D eigenvalue weighted by atomic mass is 16.5. The van der Waals surface area contributed by atoms with Gasteiger partial charge in [0.2, 0.25) is 0 Å². The van der Waals surface area contributed by atoms with Crippen LogP contribution in [-0.4, -0.2) is 18.5 Å². The molecule has 0 aromatic rings. The molecule has 0 heterocycles. The summed E-state index contributed by atoms with van der Waals surface area (Å²) in [6.45, 7) is 2.00. The second-order valence-corrected chi connectivity index (χ2v) is 3.81. The Labute approximate surface area is 72.6 Å². The number of fused-ring (bicyclic) bond motifs is 2. The van der Waals surface area contributed by atoms with Crippen molar-refractivity contribution in [2.24, 2.45) is 11.8 Å². The van der Waals surface area contributed by atoms with Crippen LogP contribution in [0.1, 0.15) is 19.8 Å². The molecule has 0 amide bonds. The first-order chi connectivity index (χ1) is 5.69. The van der Waals surface area contributed by atoms with Gasteiger partial charge in [-0.1, -0.05) is 13.0 Å². The average molecular weight is 166 g/mol. The number of carbonyl (C=O) groups is 1. The Kier molecular flexibility index (Phi) is 1.62. The van der Waals surface area contributed by atoms with Gasteiger partial charge in [-0.15, -0.1) is 0 Å². The Morgan fingerprint density at radius 1 is 1.67 bits per heavy atom.